The quantitative estimate of drug-likeness (QED) is 0.608. The van der Waals surface area contributed by atoms with Crippen LogP contribution in [0.3, 0.4) is 0 Å². The first-order valence-electron chi connectivity index (χ1n) is 12.6. The number of ether oxygens (including phenoxy) is 1. The molecule has 1 saturated heterocycles. The fraction of sp³-hybridized carbons (Fsp3) is 0.481. The summed E-state index contributed by atoms with van der Waals surface area (Å²) in [6.45, 7) is 1.01. The Hall–Kier alpha value is -2.71. The maximum atomic E-state index is 13.3. The number of nitrogens with one attached hydrogen (secondary N) is 1. The lowest BCUT2D eigenvalue weighted by Gasteiger charge is -2.37. The second-order valence-electron chi connectivity index (χ2n) is 9.92. The number of hydrogen-bond acceptors (Lipinski definition) is 5. The molecule has 5 rings (SSSR count). The van der Waals surface area contributed by atoms with Crippen LogP contribution in [0.4, 0.5) is 5.69 Å². The standard InChI is InChI=1S/C27H32N2O5S/c30-26-19-8-7-9-20(26)17-21(16-19)27(31)28-24-18-23(35(32,33)29-14-5-2-6-15-29)12-13-25(24)34-22-10-3-1-4-11-22/h1,3-4,10-13,18-21H,2,5-9,14-17H2,(H,28,31). The molecule has 2 aromatic rings. The predicted octanol–water partition coefficient (Wildman–Crippen LogP) is 4.99. The van der Waals surface area contributed by atoms with Crippen molar-refractivity contribution in [1.82, 2.24) is 4.31 Å². The summed E-state index contributed by atoms with van der Waals surface area (Å²) in [5.74, 6) is 0.757. The average molecular weight is 497 g/mol. The normalized spacial score (nSPS) is 25.1. The Balaban J connectivity index is 1.42. The van der Waals surface area contributed by atoms with Crippen molar-refractivity contribution in [3.63, 3.8) is 0 Å². The average Bonchev–Trinajstić information content (AvgIpc) is 2.86. The van der Waals surface area contributed by atoms with Crippen molar-refractivity contribution >= 4 is 27.4 Å². The molecule has 2 atom stereocenters. The maximum absolute atomic E-state index is 13.3. The minimum absolute atomic E-state index is 0.0379. The summed E-state index contributed by atoms with van der Waals surface area (Å²) >= 11 is 0. The summed E-state index contributed by atoms with van der Waals surface area (Å²) < 4.78 is 34.1. The Morgan fingerprint density at radius 2 is 1.60 bits per heavy atom. The van der Waals surface area contributed by atoms with Gasteiger partial charge in [-0.25, -0.2) is 8.42 Å². The van der Waals surface area contributed by atoms with Crippen molar-refractivity contribution in [3.8, 4) is 11.5 Å². The molecule has 2 aromatic carbocycles. The van der Waals surface area contributed by atoms with Crippen molar-refractivity contribution in [3.05, 3.63) is 48.5 Å². The van der Waals surface area contributed by atoms with Crippen LogP contribution in [0.5, 0.6) is 11.5 Å². The molecule has 2 unspecified atom stereocenters. The van der Waals surface area contributed by atoms with Gasteiger partial charge in [-0.2, -0.15) is 4.31 Å². The van der Waals surface area contributed by atoms with Gasteiger partial charge in [0.1, 0.15) is 11.5 Å². The molecule has 0 spiro atoms. The highest BCUT2D eigenvalue weighted by Crippen LogP contribution is 2.41. The second kappa shape index (κ2) is 10.1. The number of sulfonamides is 1. The van der Waals surface area contributed by atoms with Crippen LogP contribution < -0.4 is 10.1 Å². The van der Waals surface area contributed by atoms with Gasteiger partial charge in [-0.3, -0.25) is 9.59 Å². The topological polar surface area (TPSA) is 92.8 Å². The van der Waals surface area contributed by atoms with Gasteiger partial charge in [-0.05, 0) is 68.9 Å². The molecule has 1 N–H and O–H groups in total. The number of Topliss-reactive ketones (excluding diaryl/α,β-unsaturated/α-hetero) is 1. The molecule has 2 bridgehead atoms. The van der Waals surface area contributed by atoms with Crippen LogP contribution in [0.25, 0.3) is 0 Å². The van der Waals surface area contributed by atoms with Crippen LogP contribution in [0.15, 0.2) is 53.4 Å². The van der Waals surface area contributed by atoms with Crippen molar-refractivity contribution in [2.45, 2.75) is 56.3 Å². The van der Waals surface area contributed by atoms with E-state index in [1.54, 1.807) is 24.3 Å². The molecule has 186 valence electrons. The van der Waals surface area contributed by atoms with Gasteiger partial charge in [0.05, 0.1) is 10.6 Å². The summed E-state index contributed by atoms with van der Waals surface area (Å²) in [7, 11) is -3.67. The minimum atomic E-state index is -3.67. The summed E-state index contributed by atoms with van der Waals surface area (Å²) in [5.41, 5.74) is 0.332. The number of carbonyl (C=O) groups is 2. The molecule has 7 nitrogen and oxygen atoms in total. The third kappa shape index (κ3) is 5.14. The van der Waals surface area contributed by atoms with Gasteiger partial charge >= 0.3 is 0 Å². The number of anilines is 1. The third-order valence-electron chi connectivity index (χ3n) is 7.55. The number of piperidine rings is 1. The van der Waals surface area contributed by atoms with Crippen molar-refractivity contribution < 1.29 is 22.7 Å². The van der Waals surface area contributed by atoms with Crippen molar-refractivity contribution in [2.75, 3.05) is 18.4 Å². The lowest BCUT2D eigenvalue weighted by molar-refractivity contribution is -0.136. The Kier molecular flexibility index (Phi) is 6.93. The molecule has 8 heteroatoms. The van der Waals surface area contributed by atoms with E-state index in [2.05, 4.69) is 5.32 Å². The Morgan fingerprint density at radius 1 is 0.914 bits per heavy atom. The van der Waals surface area contributed by atoms with Crippen LogP contribution in [0, 0.1) is 17.8 Å². The number of benzene rings is 2. The van der Waals surface area contributed by atoms with Gasteiger partial charge in [-0.1, -0.05) is 31.0 Å². The molecule has 3 aliphatic rings. The number of amides is 1. The van der Waals surface area contributed by atoms with E-state index in [9.17, 15) is 18.0 Å². The molecule has 2 aliphatic carbocycles. The van der Waals surface area contributed by atoms with Gasteiger partial charge in [0.2, 0.25) is 15.9 Å². The SMILES string of the molecule is O=C(Nc1cc(S(=O)(=O)N2CCCCC2)ccc1Oc1ccccc1)C1CC2CCCC(C1)C2=O. The highest BCUT2D eigenvalue weighted by molar-refractivity contribution is 7.89. The summed E-state index contributed by atoms with van der Waals surface area (Å²) in [5, 5.41) is 2.96. The van der Waals surface area contributed by atoms with E-state index in [-0.39, 0.29) is 28.6 Å². The Labute approximate surface area is 206 Å². The molecular formula is C27H32N2O5S. The van der Waals surface area contributed by atoms with Crippen molar-refractivity contribution in [2.24, 2.45) is 17.8 Å². The van der Waals surface area contributed by atoms with E-state index in [1.165, 1.54) is 10.4 Å². The summed E-state index contributed by atoms with van der Waals surface area (Å²) in [6.07, 6.45) is 6.59. The van der Waals surface area contributed by atoms with Crippen molar-refractivity contribution in [1.29, 1.82) is 0 Å². The largest absolute Gasteiger partial charge is 0.455 e. The number of carbonyl (C=O) groups excluding carboxylic acids is 2. The number of rotatable bonds is 6. The first-order chi connectivity index (χ1) is 16.9. The number of ketones is 1. The van der Waals surface area contributed by atoms with Crippen LogP contribution in [-0.4, -0.2) is 37.5 Å². The molecule has 3 fully saturated rings. The number of fused-ring (bicyclic) bond motifs is 2. The molecule has 0 aromatic heterocycles. The van der Waals surface area contributed by atoms with E-state index in [0.717, 1.165) is 38.5 Å². The van der Waals surface area contributed by atoms with Crippen LogP contribution in [-0.2, 0) is 19.6 Å². The molecular weight excluding hydrogens is 464 g/mol. The Morgan fingerprint density at radius 3 is 2.29 bits per heavy atom. The first-order valence-corrected chi connectivity index (χ1v) is 14.1. The zero-order valence-electron chi connectivity index (χ0n) is 19.8. The van der Waals surface area contributed by atoms with E-state index in [1.807, 2.05) is 18.2 Å². The van der Waals surface area contributed by atoms with Crippen LogP contribution >= 0.6 is 0 Å². The van der Waals surface area contributed by atoms with E-state index in [4.69, 9.17) is 4.74 Å². The molecule has 1 aliphatic heterocycles. The molecule has 2 saturated carbocycles. The number of hydrogen-bond donors (Lipinski definition) is 1. The molecule has 1 amide bonds. The smallest absolute Gasteiger partial charge is 0.243 e. The molecule has 1 heterocycles. The monoisotopic (exact) mass is 496 g/mol. The highest BCUT2D eigenvalue weighted by Gasteiger charge is 2.41. The van der Waals surface area contributed by atoms with Gasteiger partial charge in [0.15, 0.2) is 5.75 Å². The maximum Gasteiger partial charge on any atom is 0.243 e. The first kappa shape index (κ1) is 24.0. The van der Waals surface area contributed by atoms with Crippen LogP contribution in [0.1, 0.15) is 51.4 Å². The van der Waals surface area contributed by atoms with Gasteiger partial charge < -0.3 is 10.1 Å². The van der Waals surface area contributed by atoms with Gasteiger partial charge in [-0.15, -0.1) is 0 Å². The summed E-state index contributed by atoms with van der Waals surface area (Å²) in [4.78, 5) is 26.0. The van der Waals surface area contributed by atoms with E-state index in [0.29, 0.717) is 48.9 Å². The second-order valence-corrected chi connectivity index (χ2v) is 11.9. The van der Waals surface area contributed by atoms with E-state index >= 15 is 0 Å². The third-order valence-corrected chi connectivity index (χ3v) is 9.45. The van der Waals surface area contributed by atoms with Gasteiger partial charge in [0, 0.05) is 30.8 Å². The van der Waals surface area contributed by atoms with E-state index < -0.39 is 10.0 Å². The lowest BCUT2D eigenvalue weighted by Crippen LogP contribution is -2.40. The van der Waals surface area contributed by atoms with Crippen LogP contribution in [0.2, 0.25) is 0 Å². The molecule has 35 heavy (non-hydrogen) atoms. The molecule has 0 radical (unpaired) electrons. The highest BCUT2D eigenvalue weighted by atomic mass is 32.2. The predicted molar refractivity (Wildman–Crippen MR) is 133 cm³/mol. The zero-order chi connectivity index (χ0) is 24.4. The Bertz CT molecular complexity index is 1180. The summed E-state index contributed by atoms with van der Waals surface area (Å²) in [6, 6.07) is 13.8. The number of nitrogens with zero attached hydrogens (tertiary/aromatic N) is 1. The number of para-hydroxylation sites is 1. The minimum Gasteiger partial charge on any atom is -0.455 e. The van der Waals surface area contributed by atoms with Gasteiger partial charge in [0.25, 0.3) is 0 Å². The zero-order valence-corrected chi connectivity index (χ0v) is 20.6. The fourth-order valence-corrected chi connectivity index (χ4v) is 7.20. The fourth-order valence-electron chi connectivity index (χ4n) is 5.65. The lowest BCUT2D eigenvalue weighted by atomic mass is 9.67.